The average Bonchev–Trinajstić information content (AvgIpc) is 2.38. The summed E-state index contributed by atoms with van der Waals surface area (Å²) in [5.74, 6) is 0.670. The van der Waals surface area contributed by atoms with Crippen LogP contribution in [0.2, 0.25) is 0 Å². The monoisotopic (exact) mass is 283 g/mol. The van der Waals surface area contributed by atoms with E-state index in [-0.39, 0.29) is 6.04 Å². The molecular formula is C16H23F2NO. The number of benzene rings is 1. The van der Waals surface area contributed by atoms with E-state index in [1.807, 2.05) is 13.1 Å². The second-order valence-electron chi connectivity index (χ2n) is 5.35. The first kappa shape index (κ1) is 15.4. The number of alkyl halides is 2. The molecule has 1 N–H and O–H groups in total. The van der Waals surface area contributed by atoms with Gasteiger partial charge in [0.2, 0.25) is 0 Å². The van der Waals surface area contributed by atoms with Crippen molar-refractivity contribution in [2.75, 3.05) is 20.3 Å². The van der Waals surface area contributed by atoms with E-state index < -0.39 is 13.0 Å². The van der Waals surface area contributed by atoms with Crippen LogP contribution in [0.15, 0.2) is 24.3 Å². The maximum absolute atomic E-state index is 12.0. The Morgan fingerprint density at radius 2 is 2.05 bits per heavy atom. The van der Waals surface area contributed by atoms with Crippen LogP contribution in [0.5, 0.6) is 0 Å². The Kier molecular flexibility index (Phi) is 5.92. The van der Waals surface area contributed by atoms with Crippen molar-refractivity contribution >= 4 is 0 Å². The Balaban J connectivity index is 1.96. The molecule has 0 heterocycles. The summed E-state index contributed by atoms with van der Waals surface area (Å²) in [4.78, 5) is 0. The van der Waals surface area contributed by atoms with Gasteiger partial charge >= 0.3 is 0 Å². The van der Waals surface area contributed by atoms with Crippen molar-refractivity contribution < 1.29 is 13.5 Å². The summed E-state index contributed by atoms with van der Waals surface area (Å²) in [7, 11) is 1.91. The quantitative estimate of drug-likeness (QED) is 0.731. The van der Waals surface area contributed by atoms with Gasteiger partial charge < -0.3 is 10.1 Å². The lowest BCUT2D eigenvalue weighted by Crippen LogP contribution is -2.22. The van der Waals surface area contributed by atoms with Crippen LogP contribution in [0, 0.1) is 0 Å². The number of hydrogen-bond acceptors (Lipinski definition) is 2. The smallest absolute Gasteiger partial charge is 0.261 e. The SMILES string of the molecule is CNC(CCOCC(F)F)c1ccccc1C1CCC1. The van der Waals surface area contributed by atoms with Gasteiger partial charge in [-0.2, -0.15) is 0 Å². The van der Waals surface area contributed by atoms with Crippen molar-refractivity contribution in [3.8, 4) is 0 Å². The first-order chi connectivity index (χ1) is 9.72. The van der Waals surface area contributed by atoms with Crippen LogP contribution in [0.3, 0.4) is 0 Å². The van der Waals surface area contributed by atoms with Gasteiger partial charge in [0.05, 0.1) is 0 Å². The topological polar surface area (TPSA) is 21.3 Å². The Bertz CT molecular complexity index is 407. The van der Waals surface area contributed by atoms with Crippen LogP contribution in [0.4, 0.5) is 8.78 Å². The lowest BCUT2D eigenvalue weighted by Gasteiger charge is -2.30. The molecule has 1 aliphatic rings. The van der Waals surface area contributed by atoms with Gasteiger partial charge in [0.1, 0.15) is 6.61 Å². The minimum absolute atomic E-state index is 0.171. The summed E-state index contributed by atoms with van der Waals surface area (Å²) in [6.07, 6.45) is 2.16. The second-order valence-corrected chi connectivity index (χ2v) is 5.35. The summed E-state index contributed by atoms with van der Waals surface area (Å²) in [6.45, 7) is -0.116. The zero-order chi connectivity index (χ0) is 14.4. The molecule has 112 valence electrons. The molecule has 1 unspecified atom stereocenters. The van der Waals surface area contributed by atoms with Gasteiger partial charge in [0.25, 0.3) is 6.43 Å². The molecule has 1 saturated carbocycles. The van der Waals surface area contributed by atoms with E-state index in [4.69, 9.17) is 4.74 Å². The first-order valence-electron chi connectivity index (χ1n) is 7.34. The molecule has 0 radical (unpaired) electrons. The Morgan fingerprint density at radius 3 is 2.65 bits per heavy atom. The van der Waals surface area contributed by atoms with E-state index in [1.165, 1.54) is 30.4 Å². The van der Waals surface area contributed by atoms with Gasteiger partial charge in [0, 0.05) is 12.6 Å². The standard InChI is InChI=1S/C16H23F2NO/c1-19-15(9-10-20-11-16(17)18)14-8-3-2-7-13(14)12-5-4-6-12/h2-3,7-8,12,15-16,19H,4-6,9-11H2,1H3. The average molecular weight is 283 g/mol. The Morgan fingerprint density at radius 1 is 1.30 bits per heavy atom. The van der Waals surface area contributed by atoms with Crippen LogP contribution < -0.4 is 5.32 Å². The highest BCUT2D eigenvalue weighted by molar-refractivity contribution is 5.34. The van der Waals surface area contributed by atoms with Crippen molar-refractivity contribution in [1.29, 1.82) is 0 Å². The molecule has 1 aromatic rings. The summed E-state index contributed by atoms with van der Waals surface area (Å²) >= 11 is 0. The molecular weight excluding hydrogens is 260 g/mol. The third-order valence-corrected chi connectivity index (χ3v) is 4.06. The molecule has 1 aliphatic carbocycles. The molecule has 0 amide bonds. The molecule has 1 aromatic carbocycles. The Hall–Kier alpha value is -1.00. The van der Waals surface area contributed by atoms with Gasteiger partial charge in [-0.25, -0.2) is 8.78 Å². The highest BCUT2D eigenvalue weighted by Gasteiger charge is 2.24. The molecule has 1 fully saturated rings. The van der Waals surface area contributed by atoms with Gasteiger partial charge in [-0.1, -0.05) is 30.7 Å². The first-order valence-corrected chi connectivity index (χ1v) is 7.34. The number of halogens is 2. The van der Waals surface area contributed by atoms with Gasteiger partial charge in [-0.3, -0.25) is 0 Å². The molecule has 0 saturated heterocycles. The van der Waals surface area contributed by atoms with Crippen LogP contribution in [0.25, 0.3) is 0 Å². The number of rotatable bonds is 8. The van der Waals surface area contributed by atoms with Crippen molar-refractivity contribution in [3.05, 3.63) is 35.4 Å². The number of hydrogen-bond donors (Lipinski definition) is 1. The Labute approximate surface area is 119 Å². The third kappa shape index (κ3) is 4.00. The molecule has 0 aliphatic heterocycles. The number of ether oxygens (including phenoxy) is 1. The van der Waals surface area contributed by atoms with E-state index in [0.717, 1.165) is 0 Å². The van der Waals surface area contributed by atoms with Crippen molar-refractivity contribution in [1.82, 2.24) is 5.32 Å². The molecule has 20 heavy (non-hydrogen) atoms. The van der Waals surface area contributed by atoms with E-state index in [1.54, 1.807) is 0 Å². The van der Waals surface area contributed by atoms with Crippen LogP contribution in [-0.4, -0.2) is 26.7 Å². The lowest BCUT2D eigenvalue weighted by atomic mass is 9.77. The fourth-order valence-corrected chi connectivity index (χ4v) is 2.75. The van der Waals surface area contributed by atoms with Crippen molar-refractivity contribution in [3.63, 3.8) is 0 Å². The highest BCUT2D eigenvalue weighted by atomic mass is 19.3. The molecule has 1 atom stereocenters. The van der Waals surface area contributed by atoms with Gasteiger partial charge in [-0.05, 0) is 43.4 Å². The van der Waals surface area contributed by atoms with Gasteiger partial charge in [0.15, 0.2) is 0 Å². The predicted molar refractivity (Wildman–Crippen MR) is 76.3 cm³/mol. The maximum atomic E-state index is 12.0. The predicted octanol–water partition coefficient (Wildman–Crippen LogP) is 3.89. The molecule has 2 rings (SSSR count). The normalized spacial score (nSPS) is 17.2. The van der Waals surface area contributed by atoms with Crippen molar-refractivity contribution in [2.45, 2.75) is 44.1 Å². The zero-order valence-corrected chi connectivity index (χ0v) is 11.9. The van der Waals surface area contributed by atoms with Crippen LogP contribution >= 0.6 is 0 Å². The molecule has 0 bridgehead atoms. The highest BCUT2D eigenvalue weighted by Crippen LogP contribution is 2.39. The number of nitrogens with one attached hydrogen (secondary N) is 1. The fourth-order valence-electron chi connectivity index (χ4n) is 2.75. The molecule has 0 aromatic heterocycles. The largest absolute Gasteiger partial charge is 0.375 e. The minimum atomic E-state index is -2.38. The molecule has 0 spiro atoms. The molecule has 4 heteroatoms. The van der Waals surface area contributed by atoms with Crippen molar-refractivity contribution in [2.24, 2.45) is 0 Å². The van der Waals surface area contributed by atoms with Crippen LogP contribution in [-0.2, 0) is 4.74 Å². The summed E-state index contributed by atoms with van der Waals surface area (Å²) in [5, 5.41) is 3.28. The molecule has 2 nitrogen and oxygen atoms in total. The van der Waals surface area contributed by atoms with E-state index >= 15 is 0 Å². The second kappa shape index (κ2) is 7.70. The third-order valence-electron chi connectivity index (χ3n) is 4.06. The lowest BCUT2D eigenvalue weighted by molar-refractivity contribution is 0.0145. The van der Waals surface area contributed by atoms with E-state index in [0.29, 0.717) is 18.9 Å². The van der Waals surface area contributed by atoms with Gasteiger partial charge in [-0.15, -0.1) is 0 Å². The van der Waals surface area contributed by atoms with E-state index in [9.17, 15) is 8.78 Å². The van der Waals surface area contributed by atoms with Crippen LogP contribution in [0.1, 0.15) is 48.8 Å². The van der Waals surface area contributed by atoms with E-state index in [2.05, 4.69) is 23.5 Å². The summed E-state index contributed by atoms with van der Waals surface area (Å²) in [6, 6.07) is 8.63. The summed E-state index contributed by atoms with van der Waals surface area (Å²) in [5.41, 5.74) is 2.70. The minimum Gasteiger partial charge on any atom is -0.375 e. The maximum Gasteiger partial charge on any atom is 0.261 e. The fraction of sp³-hybridized carbons (Fsp3) is 0.625. The summed E-state index contributed by atoms with van der Waals surface area (Å²) < 4.78 is 29.1. The zero-order valence-electron chi connectivity index (χ0n) is 11.9.